The lowest BCUT2D eigenvalue weighted by Gasteiger charge is -2.35. The van der Waals surface area contributed by atoms with Gasteiger partial charge < -0.3 is 21.7 Å². The molecule has 0 fully saturated rings. The van der Waals surface area contributed by atoms with Crippen molar-refractivity contribution in [3.8, 4) is 35.0 Å². The molecule has 0 amide bonds. The fourth-order valence-electron chi connectivity index (χ4n) is 4.82. The molecule has 1 aliphatic rings. The second-order valence-electron chi connectivity index (χ2n) is 7.72. The van der Waals surface area contributed by atoms with Gasteiger partial charge in [-0.05, 0) is 63.7 Å². The van der Waals surface area contributed by atoms with E-state index in [-0.39, 0.29) is 22.9 Å². The third kappa shape index (κ3) is 2.44. The smallest absolute Gasteiger partial charge is 0.138 e. The van der Waals surface area contributed by atoms with Crippen molar-refractivity contribution in [1.29, 1.82) is 0 Å². The molecule has 0 saturated carbocycles. The van der Waals surface area contributed by atoms with Crippen LogP contribution in [0.25, 0.3) is 11.1 Å². The number of terminal acetylenes is 1. The average molecular weight is 404 g/mol. The standard InChI is InChI=1S/C27H20N2O2/c1-2-16-6-5-8-20-19-7-3-4-9-21(19)27(26(16)20,17-10-12-24(30)22(28)14-17)18-11-13-25(31)23(29)15-18/h1,3-15,30-31H,28-29H2. The van der Waals surface area contributed by atoms with Crippen molar-refractivity contribution in [1.82, 2.24) is 0 Å². The maximum absolute atomic E-state index is 10.1. The number of hydrogen-bond acceptors (Lipinski definition) is 4. The van der Waals surface area contributed by atoms with Gasteiger partial charge in [-0.1, -0.05) is 54.5 Å². The van der Waals surface area contributed by atoms with Gasteiger partial charge >= 0.3 is 0 Å². The predicted octanol–water partition coefficient (Wildman–Crippen LogP) is 4.61. The summed E-state index contributed by atoms with van der Waals surface area (Å²) in [5.41, 5.74) is 18.5. The highest BCUT2D eigenvalue weighted by Gasteiger charge is 2.47. The number of nitrogen functional groups attached to an aromatic ring is 2. The lowest BCUT2D eigenvalue weighted by atomic mass is 9.66. The summed E-state index contributed by atoms with van der Waals surface area (Å²) in [6.45, 7) is 0. The van der Waals surface area contributed by atoms with Crippen LogP contribution in [0, 0.1) is 12.3 Å². The normalized spacial score (nSPS) is 13.3. The van der Waals surface area contributed by atoms with E-state index in [1.165, 1.54) is 0 Å². The Bertz CT molecular complexity index is 1350. The van der Waals surface area contributed by atoms with E-state index in [4.69, 9.17) is 17.9 Å². The van der Waals surface area contributed by atoms with E-state index in [1.54, 1.807) is 24.3 Å². The minimum Gasteiger partial charge on any atom is -0.506 e. The van der Waals surface area contributed by atoms with E-state index in [1.807, 2.05) is 36.4 Å². The molecule has 4 nitrogen and oxygen atoms in total. The van der Waals surface area contributed by atoms with Gasteiger partial charge in [0.1, 0.15) is 11.5 Å². The van der Waals surface area contributed by atoms with Crippen molar-refractivity contribution in [3.63, 3.8) is 0 Å². The van der Waals surface area contributed by atoms with Crippen LogP contribution in [0.2, 0.25) is 0 Å². The highest BCUT2D eigenvalue weighted by molar-refractivity contribution is 5.89. The van der Waals surface area contributed by atoms with E-state index in [0.717, 1.165) is 38.9 Å². The minimum atomic E-state index is -0.821. The van der Waals surface area contributed by atoms with Crippen LogP contribution in [0.3, 0.4) is 0 Å². The first-order chi connectivity index (χ1) is 15.0. The second kappa shape index (κ2) is 6.58. The number of phenols is 2. The zero-order valence-electron chi connectivity index (χ0n) is 16.6. The van der Waals surface area contributed by atoms with Crippen molar-refractivity contribution in [2.45, 2.75) is 5.41 Å². The summed E-state index contributed by atoms with van der Waals surface area (Å²) in [6, 6.07) is 24.5. The summed E-state index contributed by atoms with van der Waals surface area (Å²) in [5.74, 6) is 2.88. The van der Waals surface area contributed by atoms with Gasteiger partial charge in [0, 0.05) is 5.56 Å². The fourth-order valence-corrected chi connectivity index (χ4v) is 4.82. The van der Waals surface area contributed by atoms with Crippen LogP contribution < -0.4 is 11.5 Å². The monoisotopic (exact) mass is 404 g/mol. The molecular weight excluding hydrogens is 384 g/mol. The molecule has 4 aromatic carbocycles. The molecule has 0 unspecified atom stereocenters. The SMILES string of the molecule is C#Cc1cccc2c1C(c1ccc(O)c(N)c1)(c1ccc(O)c(N)c1)c1ccccc1-2. The Hall–Kier alpha value is -4.36. The molecule has 0 spiro atoms. The number of rotatable bonds is 2. The molecule has 5 rings (SSSR count). The maximum atomic E-state index is 10.1. The first-order valence-corrected chi connectivity index (χ1v) is 9.86. The highest BCUT2D eigenvalue weighted by Crippen LogP contribution is 2.57. The van der Waals surface area contributed by atoms with Gasteiger partial charge in [-0.2, -0.15) is 0 Å². The Morgan fingerprint density at radius 1 is 0.710 bits per heavy atom. The Morgan fingerprint density at radius 2 is 1.29 bits per heavy atom. The van der Waals surface area contributed by atoms with Crippen molar-refractivity contribution >= 4 is 11.4 Å². The van der Waals surface area contributed by atoms with E-state index >= 15 is 0 Å². The topological polar surface area (TPSA) is 92.5 Å². The molecule has 6 N–H and O–H groups in total. The van der Waals surface area contributed by atoms with Crippen LogP contribution >= 0.6 is 0 Å². The van der Waals surface area contributed by atoms with Crippen molar-refractivity contribution in [2.75, 3.05) is 11.5 Å². The summed E-state index contributed by atoms with van der Waals surface area (Å²) in [6.07, 6.45) is 5.96. The molecule has 0 saturated heterocycles. The van der Waals surface area contributed by atoms with E-state index in [2.05, 4.69) is 24.1 Å². The average Bonchev–Trinajstić information content (AvgIpc) is 3.09. The molecule has 4 heteroatoms. The van der Waals surface area contributed by atoms with E-state index < -0.39 is 5.41 Å². The Labute approximate surface area is 180 Å². The molecule has 1 aliphatic carbocycles. The largest absolute Gasteiger partial charge is 0.506 e. The Morgan fingerprint density at radius 3 is 1.87 bits per heavy atom. The number of fused-ring (bicyclic) bond motifs is 3. The number of phenolic OH excluding ortho intramolecular Hbond substituents is 2. The van der Waals surface area contributed by atoms with Crippen LogP contribution in [0.4, 0.5) is 11.4 Å². The lowest BCUT2D eigenvalue weighted by Crippen LogP contribution is -2.29. The van der Waals surface area contributed by atoms with E-state index in [9.17, 15) is 10.2 Å². The predicted molar refractivity (Wildman–Crippen MR) is 124 cm³/mol. The maximum Gasteiger partial charge on any atom is 0.138 e. The third-order valence-electron chi connectivity index (χ3n) is 6.14. The van der Waals surface area contributed by atoms with Gasteiger partial charge in [0.15, 0.2) is 0 Å². The molecular formula is C27H20N2O2. The minimum absolute atomic E-state index is 0.0147. The van der Waals surface area contributed by atoms with Gasteiger partial charge in [0.2, 0.25) is 0 Å². The number of anilines is 2. The quantitative estimate of drug-likeness (QED) is 0.196. The van der Waals surface area contributed by atoms with Crippen molar-refractivity contribution in [3.05, 3.63) is 107 Å². The Kier molecular flexibility index (Phi) is 3.96. The summed E-state index contributed by atoms with van der Waals surface area (Å²) in [4.78, 5) is 0. The molecule has 0 aliphatic heterocycles. The summed E-state index contributed by atoms with van der Waals surface area (Å²) in [7, 11) is 0. The first kappa shape index (κ1) is 18.7. The summed E-state index contributed by atoms with van der Waals surface area (Å²) >= 11 is 0. The fraction of sp³-hybridized carbons (Fsp3) is 0.0370. The molecule has 0 atom stereocenters. The van der Waals surface area contributed by atoms with Crippen molar-refractivity contribution in [2.24, 2.45) is 0 Å². The molecule has 0 heterocycles. The van der Waals surface area contributed by atoms with Gasteiger partial charge in [-0.15, -0.1) is 6.42 Å². The van der Waals surface area contributed by atoms with E-state index in [0.29, 0.717) is 0 Å². The number of hydrogen-bond donors (Lipinski definition) is 4. The molecule has 0 aromatic heterocycles. The highest BCUT2D eigenvalue weighted by atomic mass is 16.3. The third-order valence-corrected chi connectivity index (χ3v) is 6.14. The first-order valence-electron chi connectivity index (χ1n) is 9.86. The van der Waals surface area contributed by atoms with Crippen LogP contribution in [0.5, 0.6) is 11.5 Å². The van der Waals surface area contributed by atoms with Crippen LogP contribution in [-0.4, -0.2) is 10.2 Å². The summed E-state index contributed by atoms with van der Waals surface area (Å²) in [5, 5.41) is 20.2. The van der Waals surface area contributed by atoms with Gasteiger partial charge in [-0.3, -0.25) is 0 Å². The Balaban J connectivity index is 2.02. The number of aromatic hydroxyl groups is 2. The molecule has 0 bridgehead atoms. The lowest BCUT2D eigenvalue weighted by molar-refractivity contribution is 0.477. The zero-order valence-corrected chi connectivity index (χ0v) is 16.6. The van der Waals surface area contributed by atoms with Crippen molar-refractivity contribution < 1.29 is 10.2 Å². The zero-order chi connectivity index (χ0) is 21.8. The van der Waals surface area contributed by atoms with Crippen LogP contribution in [0.15, 0.2) is 78.9 Å². The molecule has 0 radical (unpaired) electrons. The number of nitrogens with two attached hydrogens (primary N) is 2. The number of benzene rings is 4. The molecule has 150 valence electrons. The molecule has 31 heavy (non-hydrogen) atoms. The van der Waals surface area contributed by atoms with Gasteiger partial charge in [0.25, 0.3) is 0 Å². The second-order valence-corrected chi connectivity index (χ2v) is 7.72. The van der Waals surface area contributed by atoms with Crippen LogP contribution in [0.1, 0.15) is 27.8 Å². The van der Waals surface area contributed by atoms with Gasteiger partial charge in [0.05, 0.1) is 16.8 Å². The van der Waals surface area contributed by atoms with Gasteiger partial charge in [-0.25, -0.2) is 0 Å². The van der Waals surface area contributed by atoms with Crippen LogP contribution in [-0.2, 0) is 5.41 Å². The molecule has 4 aromatic rings. The summed E-state index contributed by atoms with van der Waals surface area (Å²) < 4.78 is 0.